The lowest BCUT2D eigenvalue weighted by atomic mass is 9.82. The van der Waals surface area contributed by atoms with Gasteiger partial charge in [-0.25, -0.2) is 0 Å². The zero-order valence-corrected chi connectivity index (χ0v) is 11.5. The Hall–Kier alpha value is -1.36. The van der Waals surface area contributed by atoms with Crippen molar-refractivity contribution >= 4 is 27.9 Å². The standard InChI is InChI=1S/C13H13BrO4/c1-17-12(15)11-10(6-7-18-13(11)16)8-2-4-9(14)5-3-8/h2-5,10-11H,6-7H2,1H3/t10-,11+/m0/s1. The van der Waals surface area contributed by atoms with Gasteiger partial charge in [-0.15, -0.1) is 0 Å². The van der Waals surface area contributed by atoms with E-state index in [1.54, 1.807) is 0 Å². The highest BCUT2D eigenvalue weighted by molar-refractivity contribution is 9.10. The van der Waals surface area contributed by atoms with E-state index in [1.165, 1.54) is 7.11 Å². The average molecular weight is 313 g/mol. The first-order valence-corrected chi connectivity index (χ1v) is 6.42. The van der Waals surface area contributed by atoms with E-state index in [0.29, 0.717) is 13.0 Å². The molecule has 1 aliphatic heterocycles. The third-order valence-corrected chi connectivity index (χ3v) is 3.61. The molecule has 0 bridgehead atoms. The van der Waals surface area contributed by atoms with Crippen molar-refractivity contribution in [3.63, 3.8) is 0 Å². The van der Waals surface area contributed by atoms with Gasteiger partial charge in [0.1, 0.15) is 0 Å². The Morgan fingerprint density at radius 1 is 1.39 bits per heavy atom. The molecular weight excluding hydrogens is 300 g/mol. The van der Waals surface area contributed by atoms with E-state index >= 15 is 0 Å². The summed E-state index contributed by atoms with van der Waals surface area (Å²) in [6, 6.07) is 7.60. The lowest BCUT2D eigenvalue weighted by Crippen LogP contribution is -2.37. The molecule has 4 nitrogen and oxygen atoms in total. The zero-order valence-electron chi connectivity index (χ0n) is 9.89. The summed E-state index contributed by atoms with van der Waals surface area (Å²) in [5.74, 6) is -2.06. The maximum Gasteiger partial charge on any atom is 0.320 e. The lowest BCUT2D eigenvalue weighted by Gasteiger charge is -2.28. The van der Waals surface area contributed by atoms with E-state index in [2.05, 4.69) is 20.7 Å². The monoisotopic (exact) mass is 312 g/mol. The van der Waals surface area contributed by atoms with Gasteiger partial charge in [-0.2, -0.15) is 0 Å². The molecule has 96 valence electrons. The molecule has 0 amide bonds. The largest absolute Gasteiger partial charge is 0.468 e. The number of hydrogen-bond acceptors (Lipinski definition) is 4. The van der Waals surface area contributed by atoms with Crippen LogP contribution in [0.1, 0.15) is 17.9 Å². The summed E-state index contributed by atoms with van der Waals surface area (Å²) in [5, 5.41) is 0. The van der Waals surface area contributed by atoms with Crippen LogP contribution in [-0.4, -0.2) is 25.7 Å². The Morgan fingerprint density at radius 3 is 2.67 bits per heavy atom. The summed E-state index contributed by atoms with van der Waals surface area (Å²) in [5.41, 5.74) is 0.949. The van der Waals surface area contributed by atoms with Crippen molar-refractivity contribution in [3.05, 3.63) is 34.3 Å². The Kier molecular flexibility index (Phi) is 4.01. The van der Waals surface area contributed by atoms with Crippen LogP contribution in [0.15, 0.2) is 28.7 Å². The second kappa shape index (κ2) is 5.52. The van der Waals surface area contributed by atoms with Gasteiger partial charge >= 0.3 is 11.9 Å². The smallest absolute Gasteiger partial charge is 0.320 e. The molecule has 1 saturated heterocycles. The number of cyclic esters (lactones) is 1. The molecule has 0 N–H and O–H groups in total. The zero-order chi connectivity index (χ0) is 13.1. The summed E-state index contributed by atoms with van der Waals surface area (Å²) in [7, 11) is 1.28. The number of rotatable bonds is 2. The van der Waals surface area contributed by atoms with Crippen LogP contribution in [0, 0.1) is 5.92 Å². The van der Waals surface area contributed by atoms with Gasteiger partial charge in [-0.05, 0) is 24.1 Å². The normalized spacial score (nSPS) is 23.3. The lowest BCUT2D eigenvalue weighted by molar-refractivity contribution is -0.166. The second-order valence-electron chi connectivity index (χ2n) is 4.12. The molecule has 1 fully saturated rings. The summed E-state index contributed by atoms with van der Waals surface area (Å²) in [6.45, 7) is 0.340. The molecule has 0 unspecified atom stereocenters. The minimum absolute atomic E-state index is 0.174. The fourth-order valence-corrected chi connectivity index (χ4v) is 2.43. The third kappa shape index (κ3) is 2.56. The molecule has 18 heavy (non-hydrogen) atoms. The van der Waals surface area contributed by atoms with Crippen molar-refractivity contribution in [1.29, 1.82) is 0 Å². The number of benzene rings is 1. The van der Waals surface area contributed by atoms with Gasteiger partial charge in [0, 0.05) is 10.4 Å². The highest BCUT2D eigenvalue weighted by atomic mass is 79.9. The molecule has 0 aromatic heterocycles. The minimum Gasteiger partial charge on any atom is -0.468 e. The number of esters is 2. The molecule has 0 saturated carbocycles. The van der Waals surface area contributed by atoms with Gasteiger partial charge in [-0.1, -0.05) is 28.1 Å². The maximum absolute atomic E-state index is 11.7. The van der Waals surface area contributed by atoms with Crippen molar-refractivity contribution in [2.45, 2.75) is 12.3 Å². The first-order valence-electron chi connectivity index (χ1n) is 5.63. The van der Waals surface area contributed by atoms with Crippen LogP contribution in [-0.2, 0) is 19.1 Å². The van der Waals surface area contributed by atoms with Gasteiger partial charge in [-0.3, -0.25) is 9.59 Å². The molecule has 1 aromatic carbocycles. The van der Waals surface area contributed by atoms with Gasteiger partial charge in [0.25, 0.3) is 0 Å². The van der Waals surface area contributed by atoms with Crippen LogP contribution in [0.2, 0.25) is 0 Å². The number of carbonyl (C=O) groups excluding carboxylic acids is 2. The number of methoxy groups -OCH3 is 1. The van der Waals surface area contributed by atoms with Gasteiger partial charge in [0.05, 0.1) is 13.7 Å². The number of hydrogen-bond donors (Lipinski definition) is 0. The molecule has 2 atom stereocenters. The minimum atomic E-state index is -0.857. The predicted molar refractivity (Wildman–Crippen MR) is 68.0 cm³/mol. The highest BCUT2D eigenvalue weighted by Crippen LogP contribution is 2.34. The molecule has 5 heteroatoms. The molecule has 1 aromatic rings. The summed E-state index contributed by atoms with van der Waals surface area (Å²) >= 11 is 3.36. The second-order valence-corrected chi connectivity index (χ2v) is 5.03. The predicted octanol–water partition coefficient (Wildman–Crippen LogP) is 2.27. The molecule has 0 radical (unpaired) electrons. The van der Waals surface area contributed by atoms with Crippen molar-refractivity contribution in [2.75, 3.05) is 13.7 Å². The van der Waals surface area contributed by atoms with E-state index in [0.717, 1.165) is 10.0 Å². The number of carbonyl (C=O) groups is 2. The molecule has 0 aliphatic carbocycles. The molecular formula is C13H13BrO4. The molecule has 2 rings (SSSR count). The Morgan fingerprint density at radius 2 is 2.06 bits per heavy atom. The Bertz CT molecular complexity index is 447. The van der Waals surface area contributed by atoms with Crippen molar-refractivity contribution < 1.29 is 19.1 Å². The van der Waals surface area contributed by atoms with Crippen LogP contribution in [0.3, 0.4) is 0 Å². The maximum atomic E-state index is 11.7. The van der Waals surface area contributed by atoms with E-state index in [4.69, 9.17) is 4.74 Å². The topological polar surface area (TPSA) is 52.6 Å². The van der Waals surface area contributed by atoms with Crippen LogP contribution >= 0.6 is 15.9 Å². The van der Waals surface area contributed by atoms with Crippen LogP contribution in [0.5, 0.6) is 0 Å². The van der Waals surface area contributed by atoms with Crippen LogP contribution < -0.4 is 0 Å². The van der Waals surface area contributed by atoms with E-state index < -0.39 is 17.9 Å². The number of halogens is 1. The quantitative estimate of drug-likeness (QED) is 0.621. The summed E-state index contributed by atoms with van der Waals surface area (Å²) < 4.78 is 10.6. The first-order chi connectivity index (χ1) is 8.63. The van der Waals surface area contributed by atoms with E-state index in [9.17, 15) is 9.59 Å². The van der Waals surface area contributed by atoms with Crippen LogP contribution in [0.4, 0.5) is 0 Å². The van der Waals surface area contributed by atoms with Gasteiger partial charge < -0.3 is 9.47 Å². The molecule has 0 spiro atoms. The summed E-state index contributed by atoms with van der Waals surface area (Å²) in [4.78, 5) is 23.4. The third-order valence-electron chi connectivity index (χ3n) is 3.08. The van der Waals surface area contributed by atoms with E-state index in [1.807, 2.05) is 24.3 Å². The molecule has 1 heterocycles. The van der Waals surface area contributed by atoms with Crippen molar-refractivity contribution in [3.8, 4) is 0 Å². The highest BCUT2D eigenvalue weighted by Gasteiger charge is 2.40. The Balaban J connectivity index is 2.30. The average Bonchev–Trinajstić information content (AvgIpc) is 2.38. The van der Waals surface area contributed by atoms with E-state index in [-0.39, 0.29) is 5.92 Å². The van der Waals surface area contributed by atoms with Gasteiger partial charge in [0.15, 0.2) is 5.92 Å². The molecule has 1 aliphatic rings. The first kappa shape index (κ1) is 13.1. The van der Waals surface area contributed by atoms with Gasteiger partial charge in [0.2, 0.25) is 0 Å². The van der Waals surface area contributed by atoms with Crippen molar-refractivity contribution in [2.24, 2.45) is 5.92 Å². The van der Waals surface area contributed by atoms with Crippen LogP contribution in [0.25, 0.3) is 0 Å². The number of ether oxygens (including phenoxy) is 2. The Labute approximate surface area is 113 Å². The van der Waals surface area contributed by atoms with Crippen molar-refractivity contribution in [1.82, 2.24) is 0 Å². The SMILES string of the molecule is COC(=O)[C@@H]1C(=O)OCC[C@H]1c1ccc(Br)cc1. The summed E-state index contributed by atoms with van der Waals surface area (Å²) in [6.07, 6.45) is 0.632. The fraction of sp³-hybridized carbons (Fsp3) is 0.385. The fourth-order valence-electron chi connectivity index (χ4n) is 2.16.